The van der Waals surface area contributed by atoms with Crippen LogP contribution < -0.4 is 5.32 Å². The molecule has 1 heterocycles. The normalized spacial score (nSPS) is 19.1. The molecule has 0 aliphatic heterocycles. The van der Waals surface area contributed by atoms with Crippen molar-refractivity contribution in [2.75, 3.05) is 6.54 Å². The lowest BCUT2D eigenvalue weighted by Gasteiger charge is -2.17. The quantitative estimate of drug-likeness (QED) is 0.829. The first-order chi connectivity index (χ1) is 9.34. The molecule has 2 aromatic rings. The molecular weight excluding hydrogens is 258 g/mol. The summed E-state index contributed by atoms with van der Waals surface area (Å²) in [5.41, 5.74) is 1.94. The molecule has 1 N–H and O–H groups in total. The Labute approximate surface area is 118 Å². The van der Waals surface area contributed by atoms with Crippen molar-refractivity contribution in [3.8, 4) is 0 Å². The Bertz CT molecular complexity index is 587. The second-order valence-electron chi connectivity index (χ2n) is 5.13. The van der Waals surface area contributed by atoms with Crippen LogP contribution in [0.5, 0.6) is 0 Å². The number of fused-ring (bicyclic) bond motifs is 1. The number of furan rings is 1. The zero-order valence-corrected chi connectivity index (χ0v) is 11.6. The van der Waals surface area contributed by atoms with Crippen LogP contribution >= 0.6 is 11.6 Å². The van der Waals surface area contributed by atoms with E-state index in [9.17, 15) is 0 Å². The van der Waals surface area contributed by atoms with Gasteiger partial charge in [-0.05, 0) is 49.4 Å². The van der Waals surface area contributed by atoms with E-state index >= 15 is 0 Å². The van der Waals surface area contributed by atoms with Gasteiger partial charge in [-0.3, -0.25) is 0 Å². The molecule has 3 rings (SSSR count). The first kappa shape index (κ1) is 12.8. The van der Waals surface area contributed by atoms with Crippen LogP contribution in [0.15, 0.2) is 40.8 Å². The number of rotatable bonds is 4. The molecule has 1 aromatic heterocycles. The number of hydrogen-bond acceptors (Lipinski definition) is 2. The molecule has 1 aliphatic rings. The molecule has 0 bridgehead atoms. The maximum Gasteiger partial charge on any atom is 0.199 e. The smallest absolute Gasteiger partial charge is 0.199 e. The lowest BCUT2D eigenvalue weighted by molar-refractivity contribution is 0.440. The average molecular weight is 276 g/mol. The fourth-order valence-corrected chi connectivity index (χ4v) is 2.93. The van der Waals surface area contributed by atoms with Crippen molar-refractivity contribution in [1.29, 1.82) is 0 Å². The van der Waals surface area contributed by atoms with Crippen LogP contribution in [0.2, 0.25) is 5.22 Å². The van der Waals surface area contributed by atoms with Gasteiger partial charge < -0.3 is 9.73 Å². The molecule has 0 saturated carbocycles. The van der Waals surface area contributed by atoms with E-state index in [0.29, 0.717) is 5.22 Å². The second-order valence-corrected chi connectivity index (χ2v) is 5.48. The monoisotopic (exact) mass is 275 g/mol. The topological polar surface area (TPSA) is 25.2 Å². The number of halogens is 1. The molecular formula is C16H18ClNO. The minimum Gasteiger partial charge on any atom is -0.444 e. The second kappa shape index (κ2) is 5.81. The molecule has 100 valence electrons. The molecule has 0 fully saturated rings. The Hall–Kier alpha value is -1.25. The summed E-state index contributed by atoms with van der Waals surface area (Å²) in [6, 6.07) is 8.00. The molecule has 1 aromatic carbocycles. The molecule has 0 spiro atoms. The van der Waals surface area contributed by atoms with Crippen LogP contribution in [-0.4, -0.2) is 6.54 Å². The first-order valence-electron chi connectivity index (χ1n) is 6.86. The van der Waals surface area contributed by atoms with Crippen LogP contribution in [0.25, 0.3) is 11.0 Å². The van der Waals surface area contributed by atoms with Crippen LogP contribution in [0.4, 0.5) is 0 Å². The van der Waals surface area contributed by atoms with Crippen molar-refractivity contribution in [3.63, 3.8) is 0 Å². The van der Waals surface area contributed by atoms with Crippen LogP contribution in [-0.2, 0) is 6.54 Å². The molecule has 1 atom stereocenters. The van der Waals surface area contributed by atoms with Crippen molar-refractivity contribution in [2.45, 2.75) is 25.8 Å². The predicted octanol–water partition coefficient (Wildman–Crippen LogP) is 4.53. The van der Waals surface area contributed by atoms with Gasteiger partial charge in [-0.25, -0.2) is 0 Å². The maximum absolute atomic E-state index is 6.17. The summed E-state index contributed by atoms with van der Waals surface area (Å²) in [5.74, 6) is 0.752. The third kappa shape index (κ3) is 2.85. The molecule has 0 amide bonds. The molecule has 1 aliphatic carbocycles. The van der Waals surface area contributed by atoms with Gasteiger partial charge in [0.05, 0.1) is 0 Å². The number of para-hydroxylation sites is 1. The van der Waals surface area contributed by atoms with Crippen LogP contribution in [0, 0.1) is 5.92 Å². The summed E-state index contributed by atoms with van der Waals surface area (Å²) in [4.78, 5) is 0. The summed E-state index contributed by atoms with van der Waals surface area (Å²) in [7, 11) is 0. The fourth-order valence-electron chi connectivity index (χ4n) is 2.68. The van der Waals surface area contributed by atoms with Crippen molar-refractivity contribution >= 4 is 22.6 Å². The Kier molecular flexibility index (Phi) is 3.90. The molecule has 1 unspecified atom stereocenters. The summed E-state index contributed by atoms with van der Waals surface area (Å²) in [5, 5.41) is 5.14. The van der Waals surface area contributed by atoms with Gasteiger partial charge in [-0.1, -0.05) is 30.4 Å². The lowest BCUT2D eigenvalue weighted by Crippen LogP contribution is -2.23. The molecule has 19 heavy (non-hydrogen) atoms. The number of nitrogens with one attached hydrogen (secondary N) is 1. The summed E-state index contributed by atoms with van der Waals surface area (Å²) in [6.07, 6.45) is 8.24. The Morgan fingerprint density at radius 3 is 3.00 bits per heavy atom. The zero-order chi connectivity index (χ0) is 13.1. The van der Waals surface area contributed by atoms with E-state index < -0.39 is 0 Å². The number of hydrogen-bond donors (Lipinski definition) is 1. The Morgan fingerprint density at radius 1 is 1.26 bits per heavy atom. The summed E-state index contributed by atoms with van der Waals surface area (Å²) in [6.45, 7) is 1.82. The summed E-state index contributed by atoms with van der Waals surface area (Å²) >= 11 is 6.17. The highest BCUT2D eigenvalue weighted by molar-refractivity contribution is 6.30. The Balaban J connectivity index is 1.65. The van der Waals surface area contributed by atoms with E-state index in [0.717, 1.165) is 35.5 Å². The highest BCUT2D eigenvalue weighted by Gasteiger charge is 2.13. The summed E-state index contributed by atoms with van der Waals surface area (Å²) < 4.78 is 5.56. The van der Waals surface area contributed by atoms with Gasteiger partial charge in [-0.15, -0.1) is 0 Å². The zero-order valence-electron chi connectivity index (χ0n) is 10.9. The standard InChI is InChI=1S/C16H18ClNO/c17-16-14(13-8-4-5-9-15(13)19-16)11-18-10-12-6-2-1-3-7-12/h1-2,4-5,8-9,12,18H,3,6-7,10-11H2. The fraction of sp³-hybridized carbons (Fsp3) is 0.375. The van der Waals surface area contributed by atoms with Gasteiger partial charge in [-0.2, -0.15) is 0 Å². The SMILES string of the molecule is Clc1oc2ccccc2c1CNCC1CC=CCC1. The Morgan fingerprint density at radius 2 is 2.16 bits per heavy atom. The van der Waals surface area contributed by atoms with Gasteiger partial charge in [0.2, 0.25) is 0 Å². The van der Waals surface area contributed by atoms with Crippen molar-refractivity contribution in [1.82, 2.24) is 5.32 Å². The van der Waals surface area contributed by atoms with E-state index in [4.69, 9.17) is 16.0 Å². The lowest BCUT2D eigenvalue weighted by atomic mass is 9.94. The van der Waals surface area contributed by atoms with Gasteiger partial charge in [0.1, 0.15) is 5.58 Å². The predicted molar refractivity (Wildman–Crippen MR) is 79.4 cm³/mol. The van der Waals surface area contributed by atoms with E-state index in [1.807, 2.05) is 18.2 Å². The van der Waals surface area contributed by atoms with Crippen LogP contribution in [0.1, 0.15) is 24.8 Å². The van der Waals surface area contributed by atoms with Gasteiger partial charge in [0.15, 0.2) is 5.22 Å². The highest BCUT2D eigenvalue weighted by Crippen LogP contribution is 2.29. The minimum atomic E-state index is 0.511. The third-order valence-electron chi connectivity index (χ3n) is 3.76. The maximum atomic E-state index is 6.17. The van der Waals surface area contributed by atoms with E-state index in [2.05, 4.69) is 23.5 Å². The third-order valence-corrected chi connectivity index (χ3v) is 4.07. The van der Waals surface area contributed by atoms with E-state index in [1.165, 1.54) is 19.3 Å². The van der Waals surface area contributed by atoms with Gasteiger partial charge in [0.25, 0.3) is 0 Å². The van der Waals surface area contributed by atoms with Crippen LogP contribution in [0.3, 0.4) is 0 Å². The van der Waals surface area contributed by atoms with E-state index in [-0.39, 0.29) is 0 Å². The minimum absolute atomic E-state index is 0.511. The van der Waals surface area contributed by atoms with Gasteiger partial charge >= 0.3 is 0 Å². The molecule has 3 heteroatoms. The van der Waals surface area contributed by atoms with Crippen molar-refractivity contribution in [2.24, 2.45) is 5.92 Å². The molecule has 0 radical (unpaired) electrons. The highest BCUT2D eigenvalue weighted by atomic mass is 35.5. The van der Waals surface area contributed by atoms with Crippen molar-refractivity contribution in [3.05, 3.63) is 47.2 Å². The molecule has 2 nitrogen and oxygen atoms in total. The average Bonchev–Trinajstić information content (AvgIpc) is 2.76. The first-order valence-corrected chi connectivity index (χ1v) is 7.24. The number of allylic oxidation sites excluding steroid dienone is 2. The van der Waals surface area contributed by atoms with Gasteiger partial charge in [0, 0.05) is 17.5 Å². The van der Waals surface area contributed by atoms with E-state index in [1.54, 1.807) is 0 Å². The number of benzene rings is 1. The largest absolute Gasteiger partial charge is 0.444 e. The molecule has 0 saturated heterocycles. The van der Waals surface area contributed by atoms with Crippen molar-refractivity contribution < 1.29 is 4.42 Å².